The first kappa shape index (κ1) is 17.7. The predicted octanol–water partition coefficient (Wildman–Crippen LogP) is 1.76. The Morgan fingerprint density at radius 2 is 1.83 bits per heavy atom. The standard InChI is InChI=1S/C16H17FN2O4S/c17-13-5-4-8-15(11-13)23-12-16(20)18-9-10-24(21,22)19-14-6-2-1-3-7-14/h1-8,11,19H,9-10,12H2,(H,18,20). The molecule has 0 aliphatic rings. The summed E-state index contributed by atoms with van der Waals surface area (Å²) >= 11 is 0. The average Bonchev–Trinajstić information content (AvgIpc) is 2.53. The molecule has 1 amide bonds. The van der Waals surface area contributed by atoms with Gasteiger partial charge in [0.15, 0.2) is 6.61 Å². The normalized spacial score (nSPS) is 10.9. The van der Waals surface area contributed by atoms with Crippen LogP contribution in [-0.2, 0) is 14.8 Å². The predicted molar refractivity (Wildman–Crippen MR) is 88.8 cm³/mol. The summed E-state index contributed by atoms with van der Waals surface area (Å²) in [5, 5.41) is 2.43. The van der Waals surface area contributed by atoms with Crippen LogP contribution in [-0.4, -0.2) is 33.2 Å². The Bertz CT molecular complexity index is 782. The highest BCUT2D eigenvalue weighted by molar-refractivity contribution is 7.92. The molecule has 0 unspecified atom stereocenters. The number of nitrogens with one attached hydrogen (secondary N) is 2. The minimum atomic E-state index is -3.56. The maximum Gasteiger partial charge on any atom is 0.257 e. The summed E-state index contributed by atoms with van der Waals surface area (Å²) in [7, 11) is -3.56. The molecule has 128 valence electrons. The summed E-state index contributed by atoms with van der Waals surface area (Å²) in [5.74, 6) is -1.00. The molecule has 0 saturated carbocycles. The zero-order chi connectivity index (χ0) is 17.4. The van der Waals surface area contributed by atoms with Crippen molar-refractivity contribution in [1.82, 2.24) is 5.32 Å². The monoisotopic (exact) mass is 352 g/mol. The molecule has 0 aliphatic heterocycles. The van der Waals surface area contributed by atoms with Crippen LogP contribution in [0.3, 0.4) is 0 Å². The number of rotatable bonds is 8. The maximum absolute atomic E-state index is 13.0. The molecule has 0 fully saturated rings. The zero-order valence-corrected chi connectivity index (χ0v) is 13.6. The van der Waals surface area contributed by atoms with Crippen molar-refractivity contribution >= 4 is 21.6 Å². The highest BCUT2D eigenvalue weighted by atomic mass is 32.2. The van der Waals surface area contributed by atoms with Crippen LogP contribution in [0.15, 0.2) is 54.6 Å². The van der Waals surface area contributed by atoms with Gasteiger partial charge < -0.3 is 10.1 Å². The molecular formula is C16H17FN2O4S. The number of ether oxygens (including phenoxy) is 1. The second-order valence-electron chi connectivity index (χ2n) is 4.88. The van der Waals surface area contributed by atoms with Crippen molar-refractivity contribution in [2.24, 2.45) is 0 Å². The Morgan fingerprint density at radius 3 is 2.54 bits per heavy atom. The van der Waals surface area contributed by atoms with Gasteiger partial charge in [0.25, 0.3) is 5.91 Å². The van der Waals surface area contributed by atoms with Gasteiger partial charge in [0.05, 0.1) is 5.75 Å². The van der Waals surface area contributed by atoms with E-state index in [9.17, 15) is 17.6 Å². The van der Waals surface area contributed by atoms with Crippen LogP contribution in [0.5, 0.6) is 5.75 Å². The van der Waals surface area contributed by atoms with Crippen molar-refractivity contribution in [3.63, 3.8) is 0 Å². The molecule has 0 heterocycles. The van der Waals surface area contributed by atoms with Gasteiger partial charge in [-0.2, -0.15) is 0 Å². The van der Waals surface area contributed by atoms with Gasteiger partial charge in [-0.3, -0.25) is 9.52 Å². The lowest BCUT2D eigenvalue weighted by Gasteiger charge is -2.09. The maximum atomic E-state index is 13.0. The van der Waals surface area contributed by atoms with Crippen LogP contribution >= 0.6 is 0 Å². The lowest BCUT2D eigenvalue weighted by Crippen LogP contribution is -2.34. The van der Waals surface area contributed by atoms with Crippen molar-refractivity contribution in [2.75, 3.05) is 23.6 Å². The van der Waals surface area contributed by atoms with Crippen molar-refractivity contribution in [3.05, 3.63) is 60.4 Å². The fourth-order valence-corrected chi connectivity index (χ4v) is 2.79. The van der Waals surface area contributed by atoms with Gasteiger partial charge in [0.1, 0.15) is 11.6 Å². The minimum absolute atomic E-state index is 0.0620. The van der Waals surface area contributed by atoms with Crippen LogP contribution < -0.4 is 14.8 Å². The molecule has 0 aliphatic carbocycles. The fourth-order valence-electron chi connectivity index (χ4n) is 1.82. The first-order chi connectivity index (χ1) is 11.4. The molecule has 2 aromatic rings. The van der Waals surface area contributed by atoms with Gasteiger partial charge in [0.2, 0.25) is 10.0 Å². The second kappa shape index (κ2) is 8.30. The van der Waals surface area contributed by atoms with E-state index in [1.165, 1.54) is 18.2 Å². The number of carbonyl (C=O) groups is 1. The molecule has 0 atom stereocenters. The third kappa shape index (κ3) is 6.25. The van der Waals surface area contributed by atoms with Crippen LogP contribution in [0.25, 0.3) is 0 Å². The Morgan fingerprint density at radius 1 is 1.08 bits per heavy atom. The van der Waals surface area contributed by atoms with Gasteiger partial charge in [-0.25, -0.2) is 12.8 Å². The van der Waals surface area contributed by atoms with Crippen LogP contribution in [0.2, 0.25) is 0 Å². The van der Waals surface area contributed by atoms with Gasteiger partial charge >= 0.3 is 0 Å². The summed E-state index contributed by atoms with van der Waals surface area (Å²) in [6.07, 6.45) is 0. The topological polar surface area (TPSA) is 84.5 Å². The Balaban J connectivity index is 1.72. The van der Waals surface area contributed by atoms with E-state index in [0.717, 1.165) is 6.07 Å². The SMILES string of the molecule is O=C(COc1cccc(F)c1)NCCS(=O)(=O)Nc1ccccc1. The molecule has 0 radical (unpaired) electrons. The molecule has 2 aromatic carbocycles. The summed E-state index contributed by atoms with van der Waals surface area (Å²) < 4.78 is 44.2. The highest BCUT2D eigenvalue weighted by Gasteiger charge is 2.11. The summed E-state index contributed by atoms with van der Waals surface area (Å²) in [4.78, 5) is 11.6. The third-order valence-electron chi connectivity index (χ3n) is 2.91. The largest absolute Gasteiger partial charge is 0.484 e. The highest BCUT2D eigenvalue weighted by Crippen LogP contribution is 2.11. The molecule has 8 heteroatoms. The third-order valence-corrected chi connectivity index (χ3v) is 4.19. The van der Waals surface area contributed by atoms with E-state index in [2.05, 4.69) is 10.0 Å². The lowest BCUT2D eigenvalue weighted by molar-refractivity contribution is -0.122. The van der Waals surface area contributed by atoms with Gasteiger partial charge in [-0.15, -0.1) is 0 Å². The molecule has 2 rings (SSSR count). The van der Waals surface area contributed by atoms with E-state index in [1.807, 2.05) is 0 Å². The average molecular weight is 352 g/mol. The van der Waals surface area contributed by atoms with E-state index in [1.54, 1.807) is 30.3 Å². The van der Waals surface area contributed by atoms with Gasteiger partial charge in [-0.1, -0.05) is 24.3 Å². The second-order valence-corrected chi connectivity index (χ2v) is 6.72. The molecular weight excluding hydrogens is 335 g/mol. The van der Waals surface area contributed by atoms with E-state index < -0.39 is 21.7 Å². The molecule has 0 saturated heterocycles. The fraction of sp³-hybridized carbons (Fsp3) is 0.188. The van der Waals surface area contributed by atoms with Crippen molar-refractivity contribution < 1.29 is 22.3 Å². The Kier molecular flexibility index (Phi) is 6.14. The number of anilines is 1. The minimum Gasteiger partial charge on any atom is -0.484 e. The van der Waals surface area contributed by atoms with E-state index in [-0.39, 0.29) is 24.7 Å². The molecule has 6 nitrogen and oxygen atoms in total. The van der Waals surface area contributed by atoms with Crippen LogP contribution in [0.4, 0.5) is 10.1 Å². The van der Waals surface area contributed by atoms with Crippen molar-refractivity contribution in [2.45, 2.75) is 0 Å². The number of carbonyl (C=O) groups excluding carboxylic acids is 1. The summed E-state index contributed by atoms with van der Waals surface area (Å²) in [6, 6.07) is 13.9. The number of hydrogen-bond donors (Lipinski definition) is 2. The van der Waals surface area contributed by atoms with E-state index in [4.69, 9.17) is 4.74 Å². The zero-order valence-electron chi connectivity index (χ0n) is 12.7. The van der Waals surface area contributed by atoms with Crippen molar-refractivity contribution in [3.8, 4) is 5.75 Å². The number of benzene rings is 2. The molecule has 0 aromatic heterocycles. The van der Waals surface area contributed by atoms with E-state index >= 15 is 0 Å². The quantitative estimate of drug-likeness (QED) is 0.758. The summed E-state index contributed by atoms with van der Waals surface area (Å²) in [5.41, 5.74) is 0.457. The Hall–Kier alpha value is -2.61. The smallest absolute Gasteiger partial charge is 0.257 e. The lowest BCUT2D eigenvalue weighted by atomic mass is 10.3. The first-order valence-corrected chi connectivity index (χ1v) is 8.80. The number of halogens is 1. The first-order valence-electron chi connectivity index (χ1n) is 7.15. The van der Waals surface area contributed by atoms with Crippen LogP contribution in [0, 0.1) is 5.82 Å². The number of para-hydroxylation sites is 1. The number of sulfonamides is 1. The van der Waals surface area contributed by atoms with Crippen LogP contribution in [0.1, 0.15) is 0 Å². The number of hydrogen-bond acceptors (Lipinski definition) is 4. The molecule has 24 heavy (non-hydrogen) atoms. The van der Waals surface area contributed by atoms with Crippen molar-refractivity contribution in [1.29, 1.82) is 0 Å². The van der Waals surface area contributed by atoms with E-state index in [0.29, 0.717) is 5.69 Å². The molecule has 0 bridgehead atoms. The number of amides is 1. The van der Waals surface area contributed by atoms with Gasteiger partial charge in [0, 0.05) is 18.3 Å². The van der Waals surface area contributed by atoms with Gasteiger partial charge in [-0.05, 0) is 24.3 Å². The molecule has 0 spiro atoms. The summed E-state index contributed by atoms with van der Waals surface area (Å²) in [6.45, 7) is -0.386. The molecule has 2 N–H and O–H groups in total. The Labute approximate surface area is 139 Å².